The highest BCUT2D eigenvalue weighted by Gasteiger charge is 2.06. The number of aryl methyl sites for hydroxylation is 2. The van der Waals surface area contributed by atoms with Crippen LogP contribution in [-0.2, 0) is 6.42 Å². The standard InChI is InChI=1S/C18H21NO/c1-3-15-6-10-17(11-7-15)18(19-12-13-20)16-8-4-14(2)5-9-16/h4-11,20H,3,12-13H2,1-2H3. The van der Waals surface area contributed by atoms with Gasteiger partial charge in [-0.15, -0.1) is 0 Å². The van der Waals surface area contributed by atoms with Crippen molar-refractivity contribution < 1.29 is 5.11 Å². The highest BCUT2D eigenvalue weighted by molar-refractivity contribution is 6.12. The molecular formula is C18H21NO. The molecule has 0 heterocycles. The summed E-state index contributed by atoms with van der Waals surface area (Å²) in [5.41, 5.74) is 5.69. The van der Waals surface area contributed by atoms with Crippen LogP contribution in [0.4, 0.5) is 0 Å². The van der Waals surface area contributed by atoms with E-state index in [1.807, 2.05) is 0 Å². The highest BCUT2D eigenvalue weighted by Crippen LogP contribution is 2.14. The summed E-state index contributed by atoms with van der Waals surface area (Å²) in [6.07, 6.45) is 1.04. The Kier molecular flexibility index (Phi) is 5.08. The van der Waals surface area contributed by atoms with E-state index in [0.717, 1.165) is 23.3 Å². The molecule has 2 rings (SSSR count). The van der Waals surface area contributed by atoms with Gasteiger partial charge in [-0.1, -0.05) is 61.0 Å². The third-order valence-corrected chi connectivity index (χ3v) is 3.33. The summed E-state index contributed by atoms with van der Waals surface area (Å²) in [4.78, 5) is 4.53. The van der Waals surface area contributed by atoms with Crippen LogP contribution in [0.25, 0.3) is 0 Å². The van der Waals surface area contributed by atoms with Crippen molar-refractivity contribution in [2.75, 3.05) is 13.2 Å². The van der Waals surface area contributed by atoms with Gasteiger partial charge in [0.15, 0.2) is 0 Å². The van der Waals surface area contributed by atoms with Gasteiger partial charge in [0.1, 0.15) is 0 Å². The van der Waals surface area contributed by atoms with Gasteiger partial charge in [0.05, 0.1) is 18.9 Å². The van der Waals surface area contributed by atoms with Crippen molar-refractivity contribution in [1.82, 2.24) is 0 Å². The van der Waals surface area contributed by atoms with E-state index in [1.165, 1.54) is 11.1 Å². The fraction of sp³-hybridized carbons (Fsp3) is 0.278. The predicted molar refractivity (Wildman–Crippen MR) is 84.6 cm³/mol. The van der Waals surface area contributed by atoms with Crippen LogP contribution in [0.3, 0.4) is 0 Å². The van der Waals surface area contributed by atoms with Crippen LogP contribution < -0.4 is 0 Å². The fourth-order valence-corrected chi connectivity index (χ4v) is 2.12. The lowest BCUT2D eigenvalue weighted by Crippen LogP contribution is -2.06. The molecule has 1 N–H and O–H groups in total. The minimum absolute atomic E-state index is 0.0718. The monoisotopic (exact) mass is 267 g/mol. The molecule has 0 aliphatic carbocycles. The molecule has 0 aliphatic heterocycles. The minimum Gasteiger partial charge on any atom is -0.394 e. The summed E-state index contributed by atoms with van der Waals surface area (Å²) in [5, 5.41) is 9.03. The van der Waals surface area contributed by atoms with Crippen LogP contribution in [0.2, 0.25) is 0 Å². The predicted octanol–water partition coefficient (Wildman–Crippen LogP) is 3.39. The summed E-state index contributed by atoms with van der Waals surface area (Å²) in [5.74, 6) is 0. The Labute approximate surface area is 120 Å². The van der Waals surface area contributed by atoms with E-state index >= 15 is 0 Å². The van der Waals surface area contributed by atoms with Gasteiger partial charge in [-0.3, -0.25) is 4.99 Å². The molecule has 0 bridgehead atoms. The maximum Gasteiger partial charge on any atom is 0.0719 e. The third-order valence-electron chi connectivity index (χ3n) is 3.33. The molecule has 0 aromatic heterocycles. The SMILES string of the molecule is CCc1ccc(C(=NCCO)c2ccc(C)cc2)cc1. The Morgan fingerprint density at radius 2 is 1.50 bits per heavy atom. The molecule has 2 nitrogen and oxygen atoms in total. The molecule has 0 saturated heterocycles. The van der Waals surface area contributed by atoms with Gasteiger partial charge in [0.2, 0.25) is 0 Å². The molecule has 0 amide bonds. The van der Waals surface area contributed by atoms with Gasteiger partial charge in [-0.25, -0.2) is 0 Å². The van der Waals surface area contributed by atoms with Gasteiger partial charge in [-0.2, -0.15) is 0 Å². The van der Waals surface area contributed by atoms with Crippen molar-refractivity contribution in [3.05, 3.63) is 70.8 Å². The molecule has 2 heteroatoms. The van der Waals surface area contributed by atoms with Crippen molar-refractivity contribution >= 4 is 5.71 Å². The molecule has 0 spiro atoms. The lowest BCUT2D eigenvalue weighted by atomic mass is 9.99. The zero-order valence-electron chi connectivity index (χ0n) is 12.1. The summed E-state index contributed by atoms with van der Waals surface area (Å²) >= 11 is 0. The largest absolute Gasteiger partial charge is 0.394 e. The van der Waals surface area contributed by atoms with Crippen LogP contribution >= 0.6 is 0 Å². The zero-order chi connectivity index (χ0) is 14.4. The number of aliphatic hydroxyl groups is 1. The Morgan fingerprint density at radius 1 is 0.950 bits per heavy atom. The number of hydrogen-bond acceptors (Lipinski definition) is 2. The van der Waals surface area contributed by atoms with E-state index in [4.69, 9.17) is 5.11 Å². The second-order valence-electron chi connectivity index (χ2n) is 4.87. The van der Waals surface area contributed by atoms with Gasteiger partial charge in [-0.05, 0) is 18.9 Å². The van der Waals surface area contributed by atoms with E-state index in [0.29, 0.717) is 6.54 Å². The Balaban J connectivity index is 2.38. The second kappa shape index (κ2) is 7.01. The number of hydrogen-bond donors (Lipinski definition) is 1. The van der Waals surface area contributed by atoms with E-state index < -0.39 is 0 Å². The molecule has 2 aromatic rings. The number of rotatable bonds is 5. The van der Waals surface area contributed by atoms with Crippen molar-refractivity contribution in [1.29, 1.82) is 0 Å². The second-order valence-corrected chi connectivity index (χ2v) is 4.87. The quantitative estimate of drug-likeness (QED) is 0.828. The van der Waals surface area contributed by atoms with E-state index in [2.05, 4.69) is 67.4 Å². The normalized spacial score (nSPS) is 11.7. The molecular weight excluding hydrogens is 246 g/mol. The minimum atomic E-state index is 0.0718. The first-order valence-electron chi connectivity index (χ1n) is 7.06. The van der Waals surface area contributed by atoms with Crippen LogP contribution in [0.5, 0.6) is 0 Å². The molecule has 0 radical (unpaired) electrons. The number of aliphatic imine (C=N–C) groups is 1. The van der Waals surface area contributed by atoms with Crippen molar-refractivity contribution in [3.63, 3.8) is 0 Å². The van der Waals surface area contributed by atoms with Gasteiger partial charge in [0, 0.05) is 11.1 Å². The summed E-state index contributed by atoms with van der Waals surface area (Å²) in [6.45, 7) is 4.72. The lowest BCUT2D eigenvalue weighted by Gasteiger charge is -2.09. The Hall–Kier alpha value is -1.93. The number of nitrogens with zero attached hydrogens (tertiary/aromatic N) is 1. The average molecular weight is 267 g/mol. The lowest BCUT2D eigenvalue weighted by molar-refractivity contribution is 0.307. The van der Waals surface area contributed by atoms with E-state index in [1.54, 1.807) is 0 Å². The number of benzene rings is 2. The molecule has 0 saturated carbocycles. The molecule has 0 fully saturated rings. The van der Waals surface area contributed by atoms with Gasteiger partial charge < -0.3 is 5.11 Å². The topological polar surface area (TPSA) is 32.6 Å². The third kappa shape index (κ3) is 3.55. The van der Waals surface area contributed by atoms with E-state index in [9.17, 15) is 0 Å². The first-order chi connectivity index (χ1) is 9.74. The van der Waals surface area contributed by atoms with Gasteiger partial charge >= 0.3 is 0 Å². The van der Waals surface area contributed by atoms with Crippen molar-refractivity contribution in [2.24, 2.45) is 4.99 Å². The molecule has 2 aromatic carbocycles. The molecule has 0 unspecified atom stereocenters. The fourth-order valence-electron chi connectivity index (χ4n) is 2.12. The molecule has 20 heavy (non-hydrogen) atoms. The summed E-state index contributed by atoms with van der Waals surface area (Å²) in [6, 6.07) is 16.8. The van der Waals surface area contributed by atoms with Gasteiger partial charge in [0.25, 0.3) is 0 Å². The first kappa shape index (κ1) is 14.5. The Bertz CT molecular complexity index is 567. The molecule has 104 valence electrons. The summed E-state index contributed by atoms with van der Waals surface area (Å²) in [7, 11) is 0. The smallest absolute Gasteiger partial charge is 0.0719 e. The highest BCUT2D eigenvalue weighted by atomic mass is 16.3. The van der Waals surface area contributed by atoms with Crippen LogP contribution in [0, 0.1) is 6.92 Å². The average Bonchev–Trinajstić information content (AvgIpc) is 2.50. The first-order valence-corrected chi connectivity index (χ1v) is 7.06. The summed E-state index contributed by atoms with van der Waals surface area (Å²) < 4.78 is 0. The van der Waals surface area contributed by atoms with Crippen LogP contribution in [-0.4, -0.2) is 24.0 Å². The Morgan fingerprint density at radius 3 is 2.00 bits per heavy atom. The maximum absolute atomic E-state index is 9.03. The zero-order valence-corrected chi connectivity index (χ0v) is 12.1. The van der Waals surface area contributed by atoms with Crippen molar-refractivity contribution in [2.45, 2.75) is 20.3 Å². The maximum atomic E-state index is 9.03. The molecule has 0 aliphatic rings. The van der Waals surface area contributed by atoms with Crippen molar-refractivity contribution in [3.8, 4) is 0 Å². The molecule has 0 atom stereocenters. The number of aliphatic hydroxyl groups excluding tert-OH is 1. The van der Waals surface area contributed by atoms with Crippen LogP contribution in [0.15, 0.2) is 53.5 Å². The van der Waals surface area contributed by atoms with Crippen LogP contribution in [0.1, 0.15) is 29.2 Å². The van der Waals surface area contributed by atoms with E-state index in [-0.39, 0.29) is 6.61 Å².